The maximum atomic E-state index is 11.2. The minimum atomic E-state index is -0.889. The molecule has 3 aliphatic heterocycles. The minimum absolute atomic E-state index is 0.0174. The van der Waals surface area contributed by atoms with Crippen molar-refractivity contribution in [1.82, 2.24) is 10.3 Å². The van der Waals surface area contributed by atoms with Gasteiger partial charge in [-0.2, -0.15) is 0 Å². The first-order valence-electron chi connectivity index (χ1n) is 13.4. The highest BCUT2D eigenvalue weighted by atomic mass is 16.5. The van der Waals surface area contributed by atoms with Crippen LogP contribution < -0.4 is 10.9 Å². The van der Waals surface area contributed by atoms with Crippen LogP contribution in [0.4, 0.5) is 5.69 Å². The molecule has 0 radical (unpaired) electrons. The second kappa shape index (κ2) is 7.35. The molecule has 0 aromatic heterocycles. The molecule has 1 saturated heterocycles. The normalized spacial score (nSPS) is 42.1. The Hall–Kier alpha value is -2.38. The smallest absolute Gasteiger partial charge is 0.105 e. The predicted octanol–water partition coefficient (Wildman–Crippen LogP) is 4.00. The van der Waals surface area contributed by atoms with Crippen LogP contribution in [0.5, 0.6) is 0 Å². The van der Waals surface area contributed by atoms with E-state index in [9.17, 15) is 10.2 Å². The summed E-state index contributed by atoms with van der Waals surface area (Å²) >= 11 is 0. The van der Waals surface area contributed by atoms with Gasteiger partial charge in [-0.15, -0.1) is 0 Å². The number of anilines is 1. The summed E-state index contributed by atoms with van der Waals surface area (Å²) in [7, 11) is 3.97. The lowest BCUT2D eigenvalue weighted by molar-refractivity contribution is -0.162. The van der Waals surface area contributed by atoms with Crippen molar-refractivity contribution in [3.8, 4) is 0 Å². The lowest BCUT2D eigenvalue weighted by atomic mass is 9.56. The van der Waals surface area contributed by atoms with Crippen molar-refractivity contribution < 1.29 is 14.9 Å². The Kier molecular flexibility index (Phi) is 4.65. The molecule has 3 heterocycles. The van der Waals surface area contributed by atoms with Gasteiger partial charge in [0, 0.05) is 29.1 Å². The van der Waals surface area contributed by atoms with Crippen LogP contribution in [-0.2, 0) is 4.74 Å². The predicted molar refractivity (Wildman–Crippen MR) is 142 cm³/mol. The molecule has 6 aliphatic rings. The average molecular weight is 488 g/mol. The second-order valence-electron chi connectivity index (χ2n) is 12.4. The lowest BCUT2D eigenvalue weighted by Gasteiger charge is -2.56. The van der Waals surface area contributed by atoms with Crippen molar-refractivity contribution in [2.45, 2.75) is 75.4 Å². The Bertz CT molecular complexity index is 1280. The first-order chi connectivity index (χ1) is 17.2. The van der Waals surface area contributed by atoms with Crippen molar-refractivity contribution >= 4 is 17.3 Å². The van der Waals surface area contributed by atoms with E-state index in [0.717, 1.165) is 43.4 Å². The molecule has 36 heavy (non-hydrogen) atoms. The molecule has 1 aromatic carbocycles. The number of likely N-dealkylation sites (N-methyl/N-ethyl adjacent to an activating group) is 1. The lowest BCUT2D eigenvalue weighted by Crippen LogP contribution is -2.62. The van der Waals surface area contributed by atoms with Crippen LogP contribution in [0.1, 0.15) is 57.1 Å². The van der Waals surface area contributed by atoms with Crippen LogP contribution in [0.25, 0.3) is 11.6 Å². The number of ether oxygens (including phenoxy) is 1. The molecule has 2 fully saturated rings. The zero-order valence-electron chi connectivity index (χ0n) is 21.6. The molecule has 7 atom stereocenters. The van der Waals surface area contributed by atoms with Gasteiger partial charge in [0.25, 0.3) is 0 Å². The van der Waals surface area contributed by atoms with Crippen LogP contribution in [0, 0.1) is 11.3 Å². The summed E-state index contributed by atoms with van der Waals surface area (Å²) in [6, 6.07) is 6.59. The van der Waals surface area contributed by atoms with E-state index in [1.165, 1.54) is 27.8 Å². The number of hydrogen-bond acceptors (Lipinski definition) is 6. The molecule has 3 aliphatic carbocycles. The van der Waals surface area contributed by atoms with Gasteiger partial charge in [0.15, 0.2) is 0 Å². The van der Waals surface area contributed by atoms with Crippen molar-refractivity contribution in [2.24, 2.45) is 11.3 Å². The Morgan fingerprint density at radius 1 is 1.17 bits per heavy atom. The largest absolute Gasteiger partial charge is 0.388 e. The number of fused-ring (bicyclic) bond motifs is 2. The molecule has 0 amide bonds. The minimum Gasteiger partial charge on any atom is -0.388 e. The summed E-state index contributed by atoms with van der Waals surface area (Å²) < 4.78 is 7.32. The van der Waals surface area contributed by atoms with E-state index in [4.69, 9.17) is 4.74 Å². The van der Waals surface area contributed by atoms with E-state index in [-0.39, 0.29) is 17.1 Å². The van der Waals surface area contributed by atoms with Gasteiger partial charge >= 0.3 is 0 Å². The van der Waals surface area contributed by atoms with E-state index in [1.807, 2.05) is 25.2 Å². The molecule has 190 valence electrons. The quantitative estimate of drug-likeness (QED) is 0.505. The maximum Gasteiger partial charge on any atom is 0.105 e. The van der Waals surface area contributed by atoms with Crippen LogP contribution in [0.3, 0.4) is 0 Å². The summed E-state index contributed by atoms with van der Waals surface area (Å²) in [6.07, 6.45) is 11.6. The highest BCUT2D eigenvalue weighted by Gasteiger charge is 2.68. The number of nitrogens with one attached hydrogen (secondary N) is 2. The Labute approximate surface area is 213 Å². The third kappa shape index (κ3) is 2.76. The summed E-state index contributed by atoms with van der Waals surface area (Å²) in [5.41, 5.74) is 14.0. The average Bonchev–Trinajstić information content (AvgIpc) is 3.36. The monoisotopic (exact) mass is 487 g/mol. The molecule has 6 nitrogen and oxygen atoms in total. The first kappa shape index (κ1) is 22.8. The van der Waals surface area contributed by atoms with Gasteiger partial charge in [-0.05, 0) is 93.6 Å². The third-order valence-electron chi connectivity index (χ3n) is 10.3. The third-order valence-corrected chi connectivity index (χ3v) is 10.3. The Balaban J connectivity index is 1.32. The van der Waals surface area contributed by atoms with Crippen LogP contribution in [0.2, 0.25) is 0 Å². The molecule has 4 N–H and O–H groups in total. The SMILES string of the molecule is CC1=C2C=C3[C@@H](O)[C@H](O)[C@@H](N(C)C)C[C@]34CC[C@]2(O4)C2CC=C(c3ccc4c(c3)C=CNN4)[C@@]2(C)C1. The summed E-state index contributed by atoms with van der Waals surface area (Å²) in [6.45, 7) is 4.69. The topological polar surface area (TPSA) is 77.0 Å². The van der Waals surface area contributed by atoms with Crippen LogP contribution in [-0.4, -0.2) is 58.7 Å². The molecule has 6 heteroatoms. The molecule has 2 spiro atoms. The zero-order valence-corrected chi connectivity index (χ0v) is 21.6. The van der Waals surface area contributed by atoms with Crippen molar-refractivity contribution in [3.05, 3.63) is 64.4 Å². The van der Waals surface area contributed by atoms with Gasteiger partial charge in [-0.25, -0.2) is 0 Å². The Morgan fingerprint density at radius 3 is 2.81 bits per heavy atom. The molecule has 2 bridgehead atoms. The number of benzene rings is 1. The molecule has 1 aromatic rings. The number of hydrogen-bond donors (Lipinski definition) is 4. The highest BCUT2D eigenvalue weighted by molar-refractivity contribution is 5.80. The van der Waals surface area contributed by atoms with Gasteiger partial charge in [0.2, 0.25) is 0 Å². The number of nitrogens with zero attached hydrogens (tertiary/aromatic N) is 1. The molecular weight excluding hydrogens is 450 g/mol. The number of aliphatic hydroxyl groups excluding tert-OH is 2. The molecule has 1 saturated carbocycles. The van der Waals surface area contributed by atoms with Gasteiger partial charge in [0.1, 0.15) is 6.10 Å². The van der Waals surface area contributed by atoms with E-state index in [1.54, 1.807) is 0 Å². The summed E-state index contributed by atoms with van der Waals surface area (Å²) in [4.78, 5) is 2.04. The summed E-state index contributed by atoms with van der Waals surface area (Å²) in [5.74, 6) is 0.351. The van der Waals surface area contributed by atoms with Crippen molar-refractivity contribution in [3.63, 3.8) is 0 Å². The van der Waals surface area contributed by atoms with E-state index < -0.39 is 17.8 Å². The fourth-order valence-electron chi connectivity index (χ4n) is 8.68. The fraction of sp³-hybridized carbons (Fsp3) is 0.533. The van der Waals surface area contributed by atoms with Crippen LogP contribution >= 0.6 is 0 Å². The first-order valence-corrected chi connectivity index (χ1v) is 13.4. The molecule has 1 unspecified atom stereocenters. The van der Waals surface area contributed by atoms with Crippen molar-refractivity contribution in [1.29, 1.82) is 0 Å². The molecule has 7 rings (SSSR count). The van der Waals surface area contributed by atoms with Gasteiger partial charge < -0.3 is 30.7 Å². The van der Waals surface area contributed by atoms with Gasteiger partial charge in [-0.1, -0.05) is 30.7 Å². The highest BCUT2D eigenvalue weighted by Crippen LogP contribution is 2.69. The fourth-order valence-corrected chi connectivity index (χ4v) is 8.68. The van der Waals surface area contributed by atoms with Crippen LogP contribution in [0.15, 0.2) is 53.3 Å². The maximum absolute atomic E-state index is 11.2. The number of hydrazine groups is 1. The number of rotatable bonds is 2. The van der Waals surface area contributed by atoms with Crippen molar-refractivity contribution in [2.75, 3.05) is 19.5 Å². The number of aliphatic hydroxyl groups is 2. The second-order valence-corrected chi connectivity index (χ2v) is 12.4. The van der Waals surface area contributed by atoms with E-state index >= 15 is 0 Å². The zero-order chi connectivity index (χ0) is 25.0. The standard InChI is InChI=1S/C30H37N3O3/c1-17-15-28(2)20(18-5-7-23-19(13-18)9-12-31-32-23)6-8-25(28)30-11-10-29(36-30)16-24(33(3)4)27(35)26(34)22(29)14-21(17)30/h5-7,9,12-14,24-27,31-32,34-35H,8,10-11,15-16H2,1-4H3/t24-,25?,26+,27+,28+,29+,30+/m0/s1. The summed E-state index contributed by atoms with van der Waals surface area (Å²) in [5, 5.41) is 22.2. The number of allylic oxidation sites excluding steroid dienone is 3. The van der Waals surface area contributed by atoms with E-state index in [2.05, 4.69) is 61.1 Å². The molecular formula is C30H37N3O3. The van der Waals surface area contributed by atoms with Gasteiger partial charge in [-0.3, -0.25) is 0 Å². The Morgan fingerprint density at radius 2 is 2.00 bits per heavy atom. The van der Waals surface area contributed by atoms with E-state index in [0.29, 0.717) is 5.92 Å². The van der Waals surface area contributed by atoms with Gasteiger partial charge in [0.05, 0.1) is 23.0 Å².